The van der Waals surface area contributed by atoms with E-state index < -0.39 is 30.1 Å². The zero-order valence-corrected chi connectivity index (χ0v) is 27.8. The lowest BCUT2D eigenvalue weighted by Gasteiger charge is -2.48. The van der Waals surface area contributed by atoms with Gasteiger partial charge in [0, 0.05) is 38.5 Å². The number of hydrogen-bond acceptors (Lipinski definition) is 9. The van der Waals surface area contributed by atoms with Gasteiger partial charge in [-0.2, -0.15) is 5.06 Å². The van der Waals surface area contributed by atoms with Crippen LogP contribution in [0.15, 0.2) is 103 Å². The van der Waals surface area contributed by atoms with E-state index in [1.54, 1.807) is 4.90 Å². The molecule has 0 aromatic heterocycles. The number of piperazine rings is 1. The number of nitrogens with zero attached hydrogens (tertiary/aromatic N) is 3. The molecule has 11 heteroatoms. The number of aliphatic hydroxyl groups excluding tert-OH is 2. The molecule has 2 amide bonds. The van der Waals surface area contributed by atoms with E-state index in [2.05, 4.69) is 77.7 Å². The van der Waals surface area contributed by atoms with Gasteiger partial charge >= 0.3 is 12.1 Å². The molecule has 2 N–H and O–H groups in total. The van der Waals surface area contributed by atoms with E-state index in [0.717, 1.165) is 28.2 Å². The van der Waals surface area contributed by atoms with Crippen molar-refractivity contribution in [3.63, 3.8) is 0 Å². The maximum Gasteiger partial charge on any atom is 0.409 e. The fourth-order valence-corrected chi connectivity index (χ4v) is 8.35. The minimum Gasteiger partial charge on any atom is -0.462 e. The van der Waals surface area contributed by atoms with Gasteiger partial charge in [-0.3, -0.25) is 14.5 Å². The molecule has 2 aliphatic carbocycles. The fraction of sp³-hybridized carbons (Fsp3) is 0.410. The number of hydroxylamine groups is 2. The quantitative estimate of drug-likeness (QED) is 0.0962. The molecule has 50 heavy (non-hydrogen) atoms. The first kappa shape index (κ1) is 33.9. The van der Waals surface area contributed by atoms with Crippen molar-refractivity contribution in [1.82, 2.24) is 14.9 Å². The van der Waals surface area contributed by atoms with Crippen LogP contribution < -0.4 is 0 Å². The van der Waals surface area contributed by atoms with Crippen molar-refractivity contribution >= 4 is 18.0 Å². The predicted octanol–water partition coefficient (Wildman–Crippen LogP) is 3.91. The number of amides is 2. The van der Waals surface area contributed by atoms with Crippen molar-refractivity contribution in [3.05, 3.63) is 120 Å². The average Bonchev–Trinajstić information content (AvgIpc) is 3.85. The first-order valence-electron chi connectivity index (χ1n) is 17.4. The second kappa shape index (κ2) is 14.7. The van der Waals surface area contributed by atoms with Gasteiger partial charge in [0.15, 0.2) is 12.5 Å². The van der Waals surface area contributed by atoms with E-state index in [4.69, 9.17) is 14.3 Å². The minimum atomic E-state index is -1.47. The summed E-state index contributed by atoms with van der Waals surface area (Å²) in [6, 6.07) is 31.3. The van der Waals surface area contributed by atoms with Gasteiger partial charge in [0.25, 0.3) is 5.91 Å². The highest BCUT2D eigenvalue weighted by atomic mass is 16.8. The molecule has 262 valence electrons. The topological polar surface area (TPSA) is 129 Å². The number of ether oxygens (including phenoxy) is 2. The summed E-state index contributed by atoms with van der Waals surface area (Å²) < 4.78 is 10.6. The first-order chi connectivity index (χ1) is 24.4. The van der Waals surface area contributed by atoms with Crippen LogP contribution in [0.4, 0.5) is 4.79 Å². The molecule has 2 aliphatic heterocycles. The van der Waals surface area contributed by atoms with Gasteiger partial charge in [-0.25, -0.2) is 9.63 Å². The van der Waals surface area contributed by atoms with E-state index in [1.807, 2.05) is 30.4 Å². The summed E-state index contributed by atoms with van der Waals surface area (Å²) in [5, 5.41) is 21.8. The fourth-order valence-electron chi connectivity index (χ4n) is 8.35. The van der Waals surface area contributed by atoms with Crippen molar-refractivity contribution in [3.8, 4) is 0 Å². The third kappa shape index (κ3) is 6.42. The number of allylic oxidation sites excluding steroid dienone is 2. The summed E-state index contributed by atoms with van der Waals surface area (Å²) in [5.74, 6) is -1.31. The minimum absolute atomic E-state index is 0.0879. The highest BCUT2D eigenvalue weighted by Crippen LogP contribution is 2.54. The molecular weight excluding hydrogens is 638 g/mol. The molecule has 6 atom stereocenters. The molecule has 2 heterocycles. The molecular formula is C39H43N3O8. The van der Waals surface area contributed by atoms with Gasteiger partial charge in [-0.05, 0) is 34.9 Å². The number of fused-ring (bicyclic) bond motifs is 5. The Hall–Kier alpha value is -4.55. The second-order valence-electron chi connectivity index (χ2n) is 13.3. The Morgan fingerprint density at radius 1 is 0.780 bits per heavy atom. The molecule has 6 unspecified atom stereocenters. The van der Waals surface area contributed by atoms with Gasteiger partial charge in [-0.15, -0.1) is 0 Å². The zero-order valence-electron chi connectivity index (χ0n) is 27.8. The van der Waals surface area contributed by atoms with Crippen LogP contribution in [0.2, 0.25) is 0 Å². The monoisotopic (exact) mass is 681 g/mol. The molecule has 4 aliphatic rings. The number of hydrogen-bond donors (Lipinski definition) is 2. The van der Waals surface area contributed by atoms with E-state index in [-0.39, 0.29) is 55.6 Å². The molecule has 0 spiro atoms. The van der Waals surface area contributed by atoms with Crippen LogP contribution in [0.25, 0.3) is 0 Å². The highest BCUT2D eigenvalue weighted by Gasteiger charge is 2.60. The van der Waals surface area contributed by atoms with Crippen LogP contribution in [0.1, 0.15) is 36.0 Å². The number of aliphatic hydroxyl groups is 2. The lowest BCUT2D eigenvalue weighted by Crippen LogP contribution is -2.57. The third-order valence-corrected chi connectivity index (χ3v) is 10.6. The van der Waals surface area contributed by atoms with Crippen LogP contribution in [0, 0.1) is 23.7 Å². The number of esters is 1. The number of benzene rings is 3. The summed E-state index contributed by atoms with van der Waals surface area (Å²) in [6.07, 6.45) is 1.51. The standard InChI is InChI=1S/C39H43N3O8/c43-32(18-19-33(44)50-42-36(45)34-27-16-17-28(26-27)35(34)37(42)46)48-24-25-49-38(47)40-20-22-41(23-21-40)39(29-10-4-1-5-11-29,30-12-6-2-7-13-30)31-14-8-3-9-15-31/h1-17,27-28,33-36,44-45H,18-26H2. The van der Waals surface area contributed by atoms with Crippen LogP contribution in [-0.4, -0.2) is 95.0 Å². The van der Waals surface area contributed by atoms with Crippen molar-refractivity contribution in [1.29, 1.82) is 0 Å². The Kier molecular flexibility index (Phi) is 10.0. The van der Waals surface area contributed by atoms with Crippen LogP contribution in [-0.2, 0) is 29.4 Å². The number of rotatable bonds is 12. The summed E-state index contributed by atoms with van der Waals surface area (Å²) in [7, 11) is 0. The highest BCUT2D eigenvalue weighted by molar-refractivity contribution is 5.82. The first-order valence-corrected chi connectivity index (χ1v) is 17.4. The Morgan fingerprint density at radius 3 is 1.88 bits per heavy atom. The average molecular weight is 682 g/mol. The Balaban J connectivity index is 0.874. The normalized spacial score (nSPS) is 25.1. The Labute approximate surface area is 291 Å². The maximum atomic E-state index is 13.0. The van der Waals surface area contributed by atoms with Crippen molar-refractivity contribution < 1.29 is 38.9 Å². The summed E-state index contributed by atoms with van der Waals surface area (Å²) in [4.78, 5) is 47.5. The second-order valence-corrected chi connectivity index (χ2v) is 13.3. The summed E-state index contributed by atoms with van der Waals surface area (Å²) in [6.45, 7) is 1.87. The van der Waals surface area contributed by atoms with Crippen LogP contribution in [0.5, 0.6) is 0 Å². The van der Waals surface area contributed by atoms with Gasteiger partial charge in [0.2, 0.25) is 0 Å². The SMILES string of the molecule is O=C(CCC(O)ON1C(=O)C2C3C=CC(C3)C2C1O)OCCOC(=O)N1CCN(C(c2ccccc2)(c2ccccc2)c2ccccc2)CC1. The van der Waals surface area contributed by atoms with Gasteiger partial charge in [0.1, 0.15) is 13.2 Å². The van der Waals surface area contributed by atoms with E-state index >= 15 is 0 Å². The van der Waals surface area contributed by atoms with Gasteiger partial charge < -0.3 is 24.6 Å². The van der Waals surface area contributed by atoms with Crippen molar-refractivity contribution in [2.45, 2.75) is 37.3 Å². The zero-order chi connectivity index (χ0) is 34.7. The van der Waals surface area contributed by atoms with E-state index in [0.29, 0.717) is 26.2 Å². The molecule has 0 radical (unpaired) electrons. The summed E-state index contributed by atoms with van der Waals surface area (Å²) >= 11 is 0. The lowest BCUT2D eigenvalue weighted by atomic mass is 9.75. The van der Waals surface area contributed by atoms with E-state index in [1.165, 1.54) is 0 Å². The van der Waals surface area contributed by atoms with Crippen molar-refractivity contribution in [2.75, 3.05) is 39.4 Å². The number of carbonyl (C=O) groups excluding carboxylic acids is 3. The lowest BCUT2D eigenvalue weighted by molar-refractivity contribution is -0.293. The summed E-state index contributed by atoms with van der Waals surface area (Å²) in [5.41, 5.74) is 2.86. The molecule has 3 fully saturated rings. The van der Waals surface area contributed by atoms with Crippen LogP contribution in [0.3, 0.4) is 0 Å². The molecule has 11 nitrogen and oxygen atoms in total. The van der Waals surface area contributed by atoms with Crippen molar-refractivity contribution in [2.24, 2.45) is 23.7 Å². The molecule has 2 bridgehead atoms. The van der Waals surface area contributed by atoms with Gasteiger partial charge in [0.05, 0.1) is 17.9 Å². The predicted molar refractivity (Wildman–Crippen MR) is 182 cm³/mol. The van der Waals surface area contributed by atoms with Crippen LogP contribution >= 0.6 is 0 Å². The van der Waals surface area contributed by atoms with E-state index in [9.17, 15) is 24.6 Å². The molecule has 3 aromatic carbocycles. The number of carbonyl (C=O) groups is 3. The smallest absolute Gasteiger partial charge is 0.409 e. The molecule has 3 aromatic rings. The molecule has 1 saturated carbocycles. The molecule has 7 rings (SSSR count). The Morgan fingerprint density at radius 2 is 1.32 bits per heavy atom. The largest absolute Gasteiger partial charge is 0.462 e. The molecule has 2 saturated heterocycles. The maximum absolute atomic E-state index is 13.0. The third-order valence-electron chi connectivity index (χ3n) is 10.6. The Bertz CT molecular complexity index is 1570. The van der Waals surface area contributed by atoms with Gasteiger partial charge in [-0.1, -0.05) is 103 Å².